The van der Waals surface area contributed by atoms with Gasteiger partial charge in [0.05, 0.1) is 0 Å². The molecule has 3 rings (SSSR count). The Kier molecular flexibility index (Phi) is 3.06. The summed E-state index contributed by atoms with van der Waals surface area (Å²) in [6.45, 7) is 4.01. The summed E-state index contributed by atoms with van der Waals surface area (Å²) in [7, 11) is 0. The van der Waals surface area contributed by atoms with E-state index in [0.29, 0.717) is 0 Å². The first-order valence-electron chi connectivity index (χ1n) is 6.27. The van der Waals surface area contributed by atoms with E-state index in [9.17, 15) is 0 Å². The fourth-order valence-corrected chi connectivity index (χ4v) is 3.19. The number of rotatable bonds is 2. The van der Waals surface area contributed by atoms with Gasteiger partial charge in [-0.05, 0) is 24.5 Å². The zero-order valence-corrected chi connectivity index (χ0v) is 11.3. The van der Waals surface area contributed by atoms with Crippen LogP contribution in [0.2, 0.25) is 0 Å². The molecule has 1 aliphatic heterocycles. The third-order valence-corrected chi connectivity index (χ3v) is 4.62. The molecule has 1 aromatic carbocycles. The van der Waals surface area contributed by atoms with Gasteiger partial charge in [0.15, 0.2) is 5.13 Å². The quantitative estimate of drug-likeness (QED) is 0.901. The topological polar surface area (TPSA) is 42.1 Å². The molecule has 1 atom stereocenters. The van der Waals surface area contributed by atoms with Crippen molar-refractivity contribution >= 4 is 16.5 Å². The Bertz CT molecular complexity index is 547. The number of anilines is 1. The molecule has 4 heteroatoms. The van der Waals surface area contributed by atoms with Crippen molar-refractivity contribution in [1.82, 2.24) is 4.98 Å². The minimum Gasteiger partial charge on any atom is -0.343 e. The number of benzene rings is 1. The highest BCUT2D eigenvalue weighted by Crippen LogP contribution is 2.29. The van der Waals surface area contributed by atoms with Gasteiger partial charge in [0.2, 0.25) is 0 Å². The summed E-state index contributed by atoms with van der Waals surface area (Å²) < 4.78 is 0. The van der Waals surface area contributed by atoms with E-state index in [0.717, 1.165) is 29.5 Å². The van der Waals surface area contributed by atoms with Gasteiger partial charge in [-0.2, -0.15) is 0 Å². The van der Waals surface area contributed by atoms with Crippen molar-refractivity contribution in [2.24, 2.45) is 5.73 Å². The Morgan fingerprint density at radius 2 is 2.11 bits per heavy atom. The fourth-order valence-electron chi connectivity index (χ4n) is 2.29. The van der Waals surface area contributed by atoms with Gasteiger partial charge in [0, 0.05) is 30.2 Å². The van der Waals surface area contributed by atoms with Crippen LogP contribution in [0, 0.1) is 0 Å². The summed E-state index contributed by atoms with van der Waals surface area (Å²) in [5, 5.41) is 1.09. The zero-order valence-electron chi connectivity index (χ0n) is 10.5. The summed E-state index contributed by atoms with van der Waals surface area (Å²) in [5.41, 5.74) is 8.77. The lowest BCUT2D eigenvalue weighted by atomic mass is 10.0. The molecule has 1 aliphatic rings. The molecule has 1 unspecified atom stereocenters. The Balaban J connectivity index is 1.83. The molecule has 0 bridgehead atoms. The first kappa shape index (κ1) is 11.7. The Labute approximate surface area is 111 Å². The number of hydrogen-bond acceptors (Lipinski definition) is 4. The second-order valence-corrected chi connectivity index (χ2v) is 5.81. The molecule has 0 amide bonds. The standard InChI is InChI=1S/C14H17N3S/c1-10(15)13-8-16-14(18-13)17-7-6-11-4-2-3-5-12(11)9-17/h2-5,8,10H,6-7,9,15H2,1H3. The Morgan fingerprint density at radius 1 is 1.33 bits per heavy atom. The highest BCUT2D eigenvalue weighted by Gasteiger charge is 2.18. The van der Waals surface area contributed by atoms with Crippen LogP contribution in [0.3, 0.4) is 0 Å². The average molecular weight is 259 g/mol. The molecule has 0 saturated carbocycles. The predicted octanol–water partition coefficient (Wildman–Crippen LogP) is 2.73. The first-order chi connectivity index (χ1) is 8.74. The van der Waals surface area contributed by atoms with Crippen LogP contribution in [0.4, 0.5) is 5.13 Å². The van der Waals surface area contributed by atoms with Crippen LogP contribution in [-0.2, 0) is 13.0 Å². The second kappa shape index (κ2) is 4.71. The maximum Gasteiger partial charge on any atom is 0.185 e. The van der Waals surface area contributed by atoms with Gasteiger partial charge in [-0.15, -0.1) is 11.3 Å². The van der Waals surface area contributed by atoms with E-state index >= 15 is 0 Å². The summed E-state index contributed by atoms with van der Waals surface area (Å²) in [6.07, 6.45) is 3.01. The number of aromatic nitrogens is 1. The Hall–Kier alpha value is -1.39. The molecular weight excluding hydrogens is 242 g/mol. The summed E-state index contributed by atoms with van der Waals surface area (Å²) in [5.74, 6) is 0. The van der Waals surface area contributed by atoms with E-state index in [-0.39, 0.29) is 6.04 Å². The van der Waals surface area contributed by atoms with Crippen LogP contribution in [0.25, 0.3) is 0 Å². The van der Waals surface area contributed by atoms with E-state index in [1.807, 2.05) is 13.1 Å². The molecule has 0 aliphatic carbocycles. The molecule has 94 valence electrons. The van der Waals surface area contributed by atoms with Gasteiger partial charge in [-0.1, -0.05) is 24.3 Å². The normalized spacial score (nSPS) is 16.4. The highest BCUT2D eigenvalue weighted by atomic mass is 32.1. The van der Waals surface area contributed by atoms with E-state index < -0.39 is 0 Å². The van der Waals surface area contributed by atoms with Crippen molar-refractivity contribution in [3.05, 3.63) is 46.5 Å². The zero-order chi connectivity index (χ0) is 12.5. The number of nitrogens with zero attached hydrogens (tertiary/aromatic N) is 2. The average Bonchev–Trinajstić information content (AvgIpc) is 2.88. The molecule has 0 saturated heterocycles. The first-order valence-corrected chi connectivity index (χ1v) is 7.09. The lowest BCUT2D eigenvalue weighted by molar-refractivity contribution is 0.729. The molecule has 2 aromatic rings. The van der Waals surface area contributed by atoms with Crippen molar-refractivity contribution < 1.29 is 0 Å². The van der Waals surface area contributed by atoms with Crippen molar-refractivity contribution in [1.29, 1.82) is 0 Å². The third kappa shape index (κ3) is 2.13. The van der Waals surface area contributed by atoms with Gasteiger partial charge >= 0.3 is 0 Å². The van der Waals surface area contributed by atoms with Gasteiger partial charge in [0.25, 0.3) is 0 Å². The monoisotopic (exact) mass is 259 g/mol. The maximum absolute atomic E-state index is 5.89. The van der Waals surface area contributed by atoms with Crippen LogP contribution < -0.4 is 10.6 Å². The number of nitrogens with two attached hydrogens (primary N) is 1. The minimum absolute atomic E-state index is 0.0772. The molecule has 2 N–H and O–H groups in total. The van der Waals surface area contributed by atoms with Crippen molar-refractivity contribution in [2.45, 2.75) is 25.9 Å². The molecule has 3 nitrogen and oxygen atoms in total. The second-order valence-electron chi connectivity index (χ2n) is 4.77. The molecule has 0 radical (unpaired) electrons. The van der Waals surface area contributed by atoms with Crippen molar-refractivity contribution in [3.8, 4) is 0 Å². The molecule has 2 heterocycles. The molecular formula is C14H17N3S. The van der Waals surface area contributed by atoms with E-state index in [1.165, 1.54) is 11.1 Å². The lowest BCUT2D eigenvalue weighted by Gasteiger charge is -2.28. The van der Waals surface area contributed by atoms with Gasteiger partial charge < -0.3 is 10.6 Å². The smallest absolute Gasteiger partial charge is 0.185 e. The van der Waals surface area contributed by atoms with Gasteiger partial charge in [0.1, 0.15) is 0 Å². The summed E-state index contributed by atoms with van der Waals surface area (Å²) >= 11 is 1.71. The van der Waals surface area contributed by atoms with Crippen LogP contribution >= 0.6 is 11.3 Å². The number of hydrogen-bond donors (Lipinski definition) is 1. The molecule has 1 aromatic heterocycles. The van der Waals surface area contributed by atoms with Crippen molar-refractivity contribution in [2.75, 3.05) is 11.4 Å². The maximum atomic E-state index is 5.89. The van der Waals surface area contributed by atoms with Crippen molar-refractivity contribution in [3.63, 3.8) is 0 Å². The SMILES string of the molecule is CC(N)c1cnc(N2CCc3ccccc3C2)s1. The molecule has 0 spiro atoms. The third-order valence-electron chi connectivity index (χ3n) is 3.36. The number of fused-ring (bicyclic) bond motifs is 1. The fraction of sp³-hybridized carbons (Fsp3) is 0.357. The van der Waals surface area contributed by atoms with Gasteiger partial charge in [-0.3, -0.25) is 0 Å². The largest absolute Gasteiger partial charge is 0.343 e. The minimum atomic E-state index is 0.0772. The van der Waals surface area contributed by atoms with Crippen LogP contribution in [-0.4, -0.2) is 11.5 Å². The van der Waals surface area contributed by atoms with Crippen LogP contribution in [0.5, 0.6) is 0 Å². The van der Waals surface area contributed by atoms with E-state index in [2.05, 4.69) is 34.1 Å². The summed E-state index contributed by atoms with van der Waals surface area (Å²) in [6, 6.07) is 8.74. The molecule has 18 heavy (non-hydrogen) atoms. The predicted molar refractivity (Wildman–Crippen MR) is 75.9 cm³/mol. The summed E-state index contributed by atoms with van der Waals surface area (Å²) in [4.78, 5) is 8.00. The van der Waals surface area contributed by atoms with Crippen LogP contribution in [0.15, 0.2) is 30.5 Å². The number of thiazole rings is 1. The lowest BCUT2D eigenvalue weighted by Crippen LogP contribution is -2.30. The van der Waals surface area contributed by atoms with Crippen LogP contribution in [0.1, 0.15) is 29.0 Å². The highest BCUT2D eigenvalue weighted by molar-refractivity contribution is 7.15. The molecule has 0 fully saturated rings. The van der Waals surface area contributed by atoms with Gasteiger partial charge in [-0.25, -0.2) is 4.98 Å². The van der Waals surface area contributed by atoms with E-state index in [4.69, 9.17) is 5.73 Å². The van der Waals surface area contributed by atoms with E-state index in [1.54, 1.807) is 11.3 Å². The Morgan fingerprint density at radius 3 is 2.83 bits per heavy atom.